The molecule has 6 unspecified atom stereocenters. The maximum Gasteiger partial charge on any atom is 0.317 e. The maximum absolute atomic E-state index is 14.7. The summed E-state index contributed by atoms with van der Waals surface area (Å²) >= 11 is 0. The number of esters is 3. The molecule has 54 heavy (non-hydrogen) atoms. The Kier molecular flexibility index (Phi) is 16.2. The van der Waals surface area contributed by atoms with Crippen molar-refractivity contribution in [1.29, 1.82) is 0 Å². The van der Waals surface area contributed by atoms with Gasteiger partial charge in [0.15, 0.2) is 0 Å². The summed E-state index contributed by atoms with van der Waals surface area (Å²) in [5.41, 5.74) is -2.32. The Morgan fingerprint density at radius 3 is 1.52 bits per heavy atom. The molecule has 0 saturated carbocycles. The van der Waals surface area contributed by atoms with Crippen molar-refractivity contribution >= 4 is 17.9 Å². The van der Waals surface area contributed by atoms with Gasteiger partial charge in [0.2, 0.25) is 0 Å². The summed E-state index contributed by atoms with van der Waals surface area (Å²) < 4.78 is 23.4. The molecule has 312 valence electrons. The van der Waals surface area contributed by atoms with Gasteiger partial charge in [-0.1, -0.05) is 111 Å². The lowest BCUT2D eigenvalue weighted by Crippen LogP contribution is -2.50. The summed E-state index contributed by atoms with van der Waals surface area (Å²) in [6.07, 6.45) is 1.47. The summed E-state index contributed by atoms with van der Waals surface area (Å²) in [5.74, 6) is -0.352. The van der Waals surface area contributed by atoms with Gasteiger partial charge in [-0.15, -0.1) is 0 Å². The molecule has 0 saturated heterocycles. The van der Waals surface area contributed by atoms with E-state index in [4.69, 9.17) is 18.9 Å². The van der Waals surface area contributed by atoms with Gasteiger partial charge in [-0.3, -0.25) is 14.4 Å². The minimum atomic E-state index is -1.03. The molecule has 1 aromatic carbocycles. The molecule has 8 heteroatoms. The van der Waals surface area contributed by atoms with Gasteiger partial charge in [0.25, 0.3) is 0 Å². The molecule has 0 radical (unpaired) electrons. The molecule has 0 aliphatic heterocycles. The molecule has 6 atom stereocenters. The average molecular weight is 761 g/mol. The molecule has 0 spiro atoms. The van der Waals surface area contributed by atoms with Crippen LogP contribution in [0.15, 0.2) is 12.1 Å². The first-order valence-electron chi connectivity index (χ1n) is 20.0. The predicted molar refractivity (Wildman–Crippen MR) is 220 cm³/mol. The first-order valence-corrected chi connectivity index (χ1v) is 20.0. The SMILES string of the molecule is COC(=O)C(C)(CC(C)(C)C)C(C)C(C)(C)CC(C)(C(=O)OCCO)C(C)C(C)CC(C)(C(=O)Oc1c(C(C)(C)C)cc(OC)cc1C(C)(C)C)C(C)C. The van der Waals surface area contributed by atoms with Crippen LogP contribution >= 0.6 is 0 Å². The molecule has 0 bridgehead atoms. The predicted octanol–water partition coefficient (Wildman–Crippen LogP) is 10.7. The Labute approximate surface area is 330 Å². The third kappa shape index (κ3) is 11.5. The number of benzene rings is 1. The van der Waals surface area contributed by atoms with E-state index >= 15 is 0 Å². The number of hydrogen-bond acceptors (Lipinski definition) is 8. The monoisotopic (exact) mass is 761 g/mol. The molecule has 1 rings (SSSR count). The lowest BCUT2D eigenvalue weighted by atomic mass is 9.54. The second kappa shape index (κ2) is 17.7. The van der Waals surface area contributed by atoms with Crippen molar-refractivity contribution in [2.45, 2.75) is 162 Å². The van der Waals surface area contributed by atoms with Crippen LogP contribution in [0.3, 0.4) is 0 Å². The molecule has 8 nitrogen and oxygen atoms in total. The van der Waals surface area contributed by atoms with E-state index < -0.39 is 27.6 Å². The Morgan fingerprint density at radius 2 is 1.15 bits per heavy atom. The zero-order valence-corrected chi connectivity index (χ0v) is 38.3. The van der Waals surface area contributed by atoms with Crippen molar-refractivity contribution in [3.63, 3.8) is 0 Å². The van der Waals surface area contributed by atoms with Crippen LogP contribution in [-0.4, -0.2) is 50.4 Å². The lowest BCUT2D eigenvalue weighted by Gasteiger charge is -2.50. The highest BCUT2D eigenvalue weighted by atomic mass is 16.5. The summed E-state index contributed by atoms with van der Waals surface area (Å²) in [5, 5.41) is 9.63. The number of hydrogen-bond donors (Lipinski definition) is 1. The number of methoxy groups -OCH3 is 2. The van der Waals surface area contributed by atoms with Crippen molar-refractivity contribution in [2.24, 2.45) is 50.7 Å². The van der Waals surface area contributed by atoms with Gasteiger partial charge in [0.05, 0.1) is 37.1 Å². The van der Waals surface area contributed by atoms with Crippen LogP contribution in [0.25, 0.3) is 0 Å². The number of carbonyl (C=O) groups excluding carboxylic acids is 3. The van der Waals surface area contributed by atoms with Gasteiger partial charge in [-0.25, -0.2) is 0 Å². The summed E-state index contributed by atoms with van der Waals surface area (Å²) in [4.78, 5) is 42.4. The highest BCUT2D eigenvalue weighted by molar-refractivity contribution is 5.81. The molecule has 0 heterocycles. The third-order valence-electron chi connectivity index (χ3n) is 12.7. The number of carbonyl (C=O) groups is 3. The molecule has 0 aliphatic carbocycles. The Bertz CT molecular complexity index is 1400. The van der Waals surface area contributed by atoms with Crippen molar-refractivity contribution in [1.82, 2.24) is 0 Å². The molecule has 0 fully saturated rings. The maximum atomic E-state index is 14.7. The van der Waals surface area contributed by atoms with Crippen LogP contribution in [0.2, 0.25) is 0 Å². The van der Waals surface area contributed by atoms with E-state index in [2.05, 4.69) is 96.9 Å². The van der Waals surface area contributed by atoms with Crippen LogP contribution in [0.4, 0.5) is 0 Å². The zero-order valence-electron chi connectivity index (χ0n) is 38.3. The Hall–Kier alpha value is -2.61. The van der Waals surface area contributed by atoms with E-state index in [1.165, 1.54) is 7.11 Å². The molecule has 1 N–H and O–H groups in total. The van der Waals surface area contributed by atoms with Crippen LogP contribution in [0, 0.1) is 50.7 Å². The van der Waals surface area contributed by atoms with Crippen molar-refractivity contribution in [2.75, 3.05) is 27.4 Å². The zero-order chi connectivity index (χ0) is 42.6. The van der Waals surface area contributed by atoms with E-state index in [0.717, 1.165) is 11.1 Å². The quantitative estimate of drug-likeness (QED) is 0.123. The standard InChI is InChI=1S/C46H80O8/c1-29(2)44(17,39(50)54-36-34(41(9,10)11)24-33(51-20)25-35(36)42(12,13)14)26-30(3)31(4)45(18,38(49)53-23-22-47)28-43(15,16)32(5)46(19,37(48)52-21)27-40(6,7)8/h24-25,29-32,47H,22-23,26-28H2,1-21H3. The van der Waals surface area contributed by atoms with Gasteiger partial charge in [-0.2, -0.15) is 0 Å². The van der Waals surface area contributed by atoms with Crippen LogP contribution in [-0.2, 0) is 34.7 Å². The first-order chi connectivity index (χ1) is 24.2. The largest absolute Gasteiger partial charge is 0.497 e. The van der Waals surface area contributed by atoms with Gasteiger partial charge < -0.3 is 24.1 Å². The highest BCUT2D eigenvalue weighted by Crippen LogP contribution is 2.55. The minimum Gasteiger partial charge on any atom is -0.497 e. The van der Waals surface area contributed by atoms with Crippen LogP contribution in [0.5, 0.6) is 11.5 Å². The topological polar surface area (TPSA) is 108 Å². The second-order valence-corrected chi connectivity index (χ2v) is 21.3. The van der Waals surface area contributed by atoms with Gasteiger partial charge in [0, 0.05) is 11.1 Å². The van der Waals surface area contributed by atoms with Crippen molar-refractivity contribution in [3.05, 3.63) is 23.3 Å². The summed E-state index contributed by atoms with van der Waals surface area (Å²) in [6, 6.07) is 3.93. The fourth-order valence-electron chi connectivity index (χ4n) is 8.60. The van der Waals surface area contributed by atoms with Crippen LogP contribution < -0.4 is 9.47 Å². The van der Waals surface area contributed by atoms with E-state index in [-0.39, 0.29) is 65.1 Å². The fraction of sp³-hybridized carbons (Fsp3) is 0.804. The number of aliphatic hydroxyl groups excluding tert-OH is 1. The number of rotatable bonds is 17. The molecule has 0 amide bonds. The first kappa shape index (κ1) is 49.4. The summed E-state index contributed by atoms with van der Waals surface area (Å²) in [7, 11) is 3.08. The molecular weight excluding hydrogens is 680 g/mol. The summed E-state index contributed by atoms with van der Waals surface area (Å²) in [6.45, 7) is 39.0. The van der Waals surface area contributed by atoms with Gasteiger partial charge in [0.1, 0.15) is 18.1 Å². The van der Waals surface area contributed by atoms with E-state index in [1.807, 2.05) is 46.8 Å². The van der Waals surface area contributed by atoms with Crippen LogP contribution in [0.1, 0.15) is 162 Å². The Morgan fingerprint density at radius 1 is 0.667 bits per heavy atom. The molecular formula is C46H80O8. The number of aliphatic hydroxyl groups is 1. The number of ether oxygens (including phenoxy) is 4. The smallest absolute Gasteiger partial charge is 0.317 e. The third-order valence-corrected chi connectivity index (χ3v) is 12.7. The second-order valence-electron chi connectivity index (χ2n) is 21.3. The minimum absolute atomic E-state index is 0.0868. The van der Waals surface area contributed by atoms with Gasteiger partial charge in [-0.05, 0) is 97.5 Å². The molecule has 0 aromatic heterocycles. The lowest BCUT2D eigenvalue weighted by molar-refractivity contribution is -0.168. The highest BCUT2D eigenvalue weighted by Gasteiger charge is 2.54. The van der Waals surface area contributed by atoms with Crippen molar-refractivity contribution < 1.29 is 38.4 Å². The molecule has 0 aliphatic rings. The fourth-order valence-corrected chi connectivity index (χ4v) is 8.60. The van der Waals surface area contributed by atoms with Crippen molar-refractivity contribution in [3.8, 4) is 11.5 Å². The van der Waals surface area contributed by atoms with Gasteiger partial charge >= 0.3 is 17.9 Å². The van der Waals surface area contributed by atoms with E-state index in [0.29, 0.717) is 30.8 Å². The van der Waals surface area contributed by atoms with E-state index in [9.17, 15) is 19.5 Å². The van der Waals surface area contributed by atoms with E-state index in [1.54, 1.807) is 7.11 Å². The molecule has 1 aromatic rings. The Balaban J connectivity index is 3.80. The normalized spacial score (nSPS) is 18.1. The average Bonchev–Trinajstić information content (AvgIpc) is 3.03.